The molecular weight excluding hydrogens is 274 g/mol. The van der Waals surface area contributed by atoms with E-state index < -0.39 is 0 Å². The van der Waals surface area contributed by atoms with E-state index in [2.05, 4.69) is 67.2 Å². The Bertz CT molecular complexity index is 516. The Kier molecular flexibility index (Phi) is 6.47. The average Bonchev–Trinajstić information content (AvgIpc) is 2.96. The van der Waals surface area contributed by atoms with E-state index in [1.165, 1.54) is 29.5 Å². The molecule has 0 aliphatic carbocycles. The first-order valence-electron chi connectivity index (χ1n) is 7.94. The second-order valence-corrected chi connectivity index (χ2v) is 7.06. The van der Waals surface area contributed by atoms with Crippen LogP contribution in [0.15, 0.2) is 41.1 Å². The normalized spacial score (nSPS) is 12.8. The van der Waals surface area contributed by atoms with Crippen LogP contribution in [0.2, 0.25) is 0 Å². The lowest BCUT2D eigenvalue weighted by atomic mass is 9.89. The summed E-state index contributed by atoms with van der Waals surface area (Å²) in [7, 11) is 0. The van der Waals surface area contributed by atoms with Crippen LogP contribution in [0.25, 0.3) is 0 Å². The number of hydrogen-bond donors (Lipinski definition) is 1. The number of nitrogens with one attached hydrogen (secondary N) is 1. The molecule has 1 N–H and O–H groups in total. The van der Waals surface area contributed by atoms with Gasteiger partial charge in [0.2, 0.25) is 0 Å². The van der Waals surface area contributed by atoms with Crippen LogP contribution in [0.1, 0.15) is 42.9 Å². The van der Waals surface area contributed by atoms with E-state index >= 15 is 0 Å². The van der Waals surface area contributed by atoms with Crippen molar-refractivity contribution in [2.75, 3.05) is 13.1 Å². The summed E-state index contributed by atoms with van der Waals surface area (Å²) in [5.74, 6) is 1.31. The van der Waals surface area contributed by atoms with Crippen molar-refractivity contribution in [2.45, 2.75) is 39.5 Å². The fourth-order valence-corrected chi connectivity index (χ4v) is 3.44. The molecular formula is C19H27NS. The topological polar surface area (TPSA) is 12.0 Å². The summed E-state index contributed by atoms with van der Waals surface area (Å²) in [4.78, 5) is 0. The average molecular weight is 301 g/mol. The lowest BCUT2D eigenvalue weighted by Gasteiger charge is -2.21. The molecule has 1 atom stereocenters. The van der Waals surface area contributed by atoms with E-state index in [9.17, 15) is 0 Å². The minimum Gasteiger partial charge on any atom is -0.316 e. The quantitative estimate of drug-likeness (QED) is 0.722. The summed E-state index contributed by atoms with van der Waals surface area (Å²) >= 11 is 1.80. The van der Waals surface area contributed by atoms with Crippen LogP contribution in [0.3, 0.4) is 0 Å². The zero-order chi connectivity index (χ0) is 15.1. The second-order valence-electron chi connectivity index (χ2n) is 6.28. The highest BCUT2D eigenvalue weighted by molar-refractivity contribution is 7.07. The summed E-state index contributed by atoms with van der Waals surface area (Å²) in [6.45, 7) is 8.94. The highest BCUT2D eigenvalue weighted by Crippen LogP contribution is 2.25. The largest absolute Gasteiger partial charge is 0.316 e. The number of thiophene rings is 1. The van der Waals surface area contributed by atoms with E-state index in [-0.39, 0.29) is 0 Å². The van der Waals surface area contributed by atoms with Crippen molar-refractivity contribution in [1.29, 1.82) is 0 Å². The smallest absolute Gasteiger partial charge is 0.00204 e. The lowest BCUT2D eigenvalue weighted by molar-refractivity contribution is 0.499. The maximum absolute atomic E-state index is 3.64. The summed E-state index contributed by atoms with van der Waals surface area (Å²) in [5.41, 5.74) is 4.39. The first kappa shape index (κ1) is 16.3. The lowest BCUT2D eigenvalue weighted by Crippen LogP contribution is -2.26. The third kappa shape index (κ3) is 5.29. The zero-order valence-electron chi connectivity index (χ0n) is 13.4. The Morgan fingerprint density at radius 2 is 1.90 bits per heavy atom. The highest BCUT2D eigenvalue weighted by Gasteiger charge is 2.14. The third-order valence-corrected chi connectivity index (χ3v) is 4.67. The summed E-state index contributed by atoms with van der Waals surface area (Å²) in [6.07, 6.45) is 2.39. The van der Waals surface area contributed by atoms with Crippen LogP contribution in [0.4, 0.5) is 0 Å². The third-order valence-electron chi connectivity index (χ3n) is 3.93. The maximum atomic E-state index is 3.64. The molecule has 1 aromatic heterocycles. The molecule has 2 rings (SSSR count). The number of hydrogen-bond acceptors (Lipinski definition) is 2. The summed E-state index contributed by atoms with van der Waals surface area (Å²) < 4.78 is 0. The second kappa shape index (κ2) is 8.35. The van der Waals surface area contributed by atoms with Gasteiger partial charge in [0.1, 0.15) is 0 Å². The molecule has 1 heterocycles. The maximum Gasteiger partial charge on any atom is 0.00204 e. The zero-order valence-corrected chi connectivity index (χ0v) is 14.2. The van der Waals surface area contributed by atoms with Crippen molar-refractivity contribution in [3.05, 3.63) is 57.8 Å². The van der Waals surface area contributed by atoms with Gasteiger partial charge < -0.3 is 5.32 Å². The van der Waals surface area contributed by atoms with E-state index in [0.29, 0.717) is 11.8 Å². The first-order valence-corrected chi connectivity index (χ1v) is 8.88. The van der Waals surface area contributed by atoms with Crippen LogP contribution < -0.4 is 5.32 Å². The van der Waals surface area contributed by atoms with Gasteiger partial charge in [-0.05, 0) is 71.7 Å². The molecule has 2 aromatic rings. The number of benzene rings is 1. The van der Waals surface area contributed by atoms with Gasteiger partial charge in [0.05, 0.1) is 0 Å². The van der Waals surface area contributed by atoms with Crippen molar-refractivity contribution in [3.8, 4) is 0 Å². The Morgan fingerprint density at radius 1 is 1.10 bits per heavy atom. The number of rotatable bonds is 8. The molecule has 0 spiro atoms. The molecule has 0 saturated carbocycles. The fourth-order valence-electron chi connectivity index (χ4n) is 2.73. The number of aryl methyl sites for hydroxylation is 2. The molecule has 0 amide bonds. The van der Waals surface area contributed by atoms with E-state index in [1.807, 2.05) is 0 Å². The molecule has 1 aromatic carbocycles. The Labute approximate surface area is 133 Å². The van der Waals surface area contributed by atoms with Crippen molar-refractivity contribution in [1.82, 2.24) is 5.32 Å². The van der Waals surface area contributed by atoms with Crippen LogP contribution in [-0.2, 0) is 6.42 Å². The molecule has 0 radical (unpaired) electrons. The fraction of sp³-hybridized carbons (Fsp3) is 0.474. The van der Waals surface area contributed by atoms with Gasteiger partial charge in [0, 0.05) is 6.54 Å². The minimum absolute atomic E-state index is 0.602. The molecule has 21 heavy (non-hydrogen) atoms. The molecule has 1 unspecified atom stereocenters. The Balaban J connectivity index is 2.01. The van der Waals surface area contributed by atoms with Crippen molar-refractivity contribution in [3.63, 3.8) is 0 Å². The van der Waals surface area contributed by atoms with E-state index in [4.69, 9.17) is 0 Å². The molecule has 114 valence electrons. The van der Waals surface area contributed by atoms with Gasteiger partial charge in [0.25, 0.3) is 0 Å². The standard InChI is InChI=1S/C19H27NS/c1-15(2)12-20-13-18(9-8-17-10-11-21-14-17)19-7-5-4-6-16(19)3/h4-7,10-11,14-15,18,20H,8-9,12-13H2,1-3H3. The minimum atomic E-state index is 0.602. The van der Waals surface area contributed by atoms with E-state index in [1.54, 1.807) is 11.3 Å². The molecule has 0 bridgehead atoms. The van der Waals surface area contributed by atoms with Gasteiger partial charge in [-0.25, -0.2) is 0 Å². The van der Waals surface area contributed by atoms with Crippen LogP contribution >= 0.6 is 11.3 Å². The van der Waals surface area contributed by atoms with Gasteiger partial charge in [-0.2, -0.15) is 11.3 Å². The first-order chi connectivity index (χ1) is 10.2. The highest BCUT2D eigenvalue weighted by atomic mass is 32.1. The summed E-state index contributed by atoms with van der Waals surface area (Å²) in [6, 6.07) is 11.1. The molecule has 1 nitrogen and oxygen atoms in total. The summed E-state index contributed by atoms with van der Waals surface area (Å²) in [5, 5.41) is 8.09. The SMILES string of the molecule is Cc1ccccc1C(CCc1ccsc1)CNCC(C)C. The van der Waals surface area contributed by atoms with Crippen LogP contribution in [0.5, 0.6) is 0 Å². The van der Waals surface area contributed by atoms with Crippen LogP contribution in [-0.4, -0.2) is 13.1 Å². The van der Waals surface area contributed by atoms with Crippen molar-refractivity contribution >= 4 is 11.3 Å². The van der Waals surface area contributed by atoms with Gasteiger partial charge in [-0.15, -0.1) is 0 Å². The Morgan fingerprint density at radius 3 is 2.57 bits per heavy atom. The van der Waals surface area contributed by atoms with E-state index in [0.717, 1.165) is 13.1 Å². The molecule has 0 fully saturated rings. The molecule has 0 saturated heterocycles. The van der Waals surface area contributed by atoms with Gasteiger partial charge in [-0.3, -0.25) is 0 Å². The molecule has 0 aliphatic rings. The Hall–Kier alpha value is -1.12. The van der Waals surface area contributed by atoms with Gasteiger partial charge >= 0.3 is 0 Å². The van der Waals surface area contributed by atoms with Gasteiger partial charge in [-0.1, -0.05) is 38.1 Å². The van der Waals surface area contributed by atoms with Crippen molar-refractivity contribution in [2.24, 2.45) is 5.92 Å². The predicted molar refractivity (Wildman–Crippen MR) is 94.3 cm³/mol. The van der Waals surface area contributed by atoms with Crippen LogP contribution in [0, 0.1) is 12.8 Å². The predicted octanol–water partition coefficient (Wildman–Crippen LogP) is 5.02. The molecule has 2 heteroatoms. The van der Waals surface area contributed by atoms with Crippen molar-refractivity contribution < 1.29 is 0 Å². The monoisotopic (exact) mass is 301 g/mol. The van der Waals surface area contributed by atoms with Gasteiger partial charge in [0.15, 0.2) is 0 Å². The molecule has 0 aliphatic heterocycles.